The average Bonchev–Trinajstić information content (AvgIpc) is 3.13. The Hall–Kier alpha value is -2.87. The summed E-state index contributed by atoms with van der Waals surface area (Å²) in [5.74, 6) is -0.647. The third-order valence-corrected chi connectivity index (χ3v) is 6.09. The van der Waals surface area contributed by atoms with Gasteiger partial charge in [0.1, 0.15) is 0 Å². The van der Waals surface area contributed by atoms with Crippen LogP contribution in [0.15, 0.2) is 53.4 Å². The molecule has 0 radical (unpaired) electrons. The van der Waals surface area contributed by atoms with Crippen LogP contribution in [0.4, 0.5) is 11.4 Å². The molecule has 0 aromatic heterocycles. The minimum absolute atomic E-state index is 0.00823. The number of benzene rings is 2. The van der Waals surface area contributed by atoms with Crippen molar-refractivity contribution in [3.8, 4) is 0 Å². The van der Waals surface area contributed by atoms with Gasteiger partial charge in [0.15, 0.2) is 0 Å². The van der Waals surface area contributed by atoms with Gasteiger partial charge in [-0.1, -0.05) is 12.1 Å². The third kappa shape index (κ3) is 4.42. The van der Waals surface area contributed by atoms with Crippen molar-refractivity contribution in [1.82, 2.24) is 4.90 Å². The SMILES string of the molecule is CSc1ccc(N2C[C@@H](C(=O)N(C)[C@H](C)c3cccc([N+](=O)[O-])c3)CC2=O)cc1. The second-order valence-electron chi connectivity index (χ2n) is 7.08. The molecule has 8 heteroatoms. The highest BCUT2D eigenvalue weighted by Gasteiger charge is 2.37. The Morgan fingerprint density at radius 1 is 1.28 bits per heavy atom. The molecule has 3 rings (SSSR count). The van der Waals surface area contributed by atoms with Gasteiger partial charge in [-0.25, -0.2) is 0 Å². The molecule has 1 saturated heterocycles. The zero-order valence-electron chi connectivity index (χ0n) is 16.6. The fraction of sp³-hybridized carbons (Fsp3) is 0.333. The zero-order valence-corrected chi connectivity index (χ0v) is 17.4. The van der Waals surface area contributed by atoms with E-state index in [9.17, 15) is 19.7 Å². The molecule has 0 unspecified atom stereocenters. The number of nitrogens with zero attached hydrogens (tertiary/aromatic N) is 3. The molecule has 1 aliphatic heterocycles. The van der Waals surface area contributed by atoms with E-state index < -0.39 is 10.8 Å². The normalized spacial score (nSPS) is 17.3. The largest absolute Gasteiger partial charge is 0.339 e. The molecule has 152 valence electrons. The zero-order chi connectivity index (χ0) is 21.1. The van der Waals surface area contributed by atoms with Gasteiger partial charge >= 0.3 is 0 Å². The van der Waals surface area contributed by atoms with E-state index >= 15 is 0 Å². The molecule has 0 N–H and O–H groups in total. The molecular formula is C21H23N3O4S. The topological polar surface area (TPSA) is 83.8 Å². The quantitative estimate of drug-likeness (QED) is 0.408. The van der Waals surface area contributed by atoms with Gasteiger partial charge in [-0.3, -0.25) is 19.7 Å². The average molecular weight is 413 g/mol. The fourth-order valence-electron chi connectivity index (χ4n) is 3.49. The molecule has 0 saturated carbocycles. The highest BCUT2D eigenvalue weighted by atomic mass is 32.2. The van der Waals surface area contributed by atoms with Crippen molar-refractivity contribution in [2.24, 2.45) is 5.92 Å². The molecule has 2 atom stereocenters. The number of carbonyl (C=O) groups is 2. The summed E-state index contributed by atoms with van der Waals surface area (Å²) in [5.41, 5.74) is 1.47. The van der Waals surface area contributed by atoms with E-state index in [0.29, 0.717) is 12.1 Å². The van der Waals surface area contributed by atoms with Crippen LogP contribution in [0, 0.1) is 16.0 Å². The van der Waals surface area contributed by atoms with Crippen molar-refractivity contribution in [2.75, 3.05) is 24.7 Å². The maximum absolute atomic E-state index is 13.0. The number of hydrogen-bond acceptors (Lipinski definition) is 5. The van der Waals surface area contributed by atoms with Gasteiger partial charge in [0.25, 0.3) is 5.69 Å². The van der Waals surface area contributed by atoms with Gasteiger partial charge in [0.2, 0.25) is 11.8 Å². The molecule has 29 heavy (non-hydrogen) atoms. The summed E-state index contributed by atoms with van der Waals surface area (Å²) in [6, 6.07) is 13.6. The first kappa shape index (κ1) is 20.9. The van der Waals surface area contributed by atoms with Crippen LogP contribution in [-0.4, -0.2) is 41.5 Å². The number of nitro benzene ring substituents is 1. The number of hydrogen-bond donors (Lipinski definition) is 0. The predicted molar refractivity (Wildman–Crippen MR) is 113 cm³/mol. The molecule has 0 aliphatic carbocycles. The smallest absolute Gasteiger partial charge is 0.269 e. The molecule has 2 aromatic carbocycles. The molecule has 7 nitrogen and oxygen atoms in total. The van der Waals surface area contributed by atoms with Crippen LogP contribution in [-0.2, 0) is 9.59 Å². The van der Waals surface area contributed by atoms with Crippen LogP contribution in [0.25, 0.3) is 0 Å². The monoisotopic (exact) mass is 413 g/mol. The fourth-order valence-corrected chi connectivity index (χ4v) is 3.89. The van der Waals surface area contributed by atoms with Crippen LogP contribution in [0.5, 0.6) is 0 Å². The second kappa shape index (κ2) is 8.65. The Kier molecular flexibility index (Phi) is 6.22. The summed E-state index contributed by atoms with van der Waals surface area (Å²) in [5, 5.41) is 11.0. The molecule has 2 amide bonds. The first-order valence-corrected chi connectivity index (χ1v) is 10.5. The van der Waals surface area contributed by atoms with E-state index in [1.165, 1.54) is 12.1 Å². The maximum Gasteiger partial charge on any atom is 0.269 e. The van der Waals surface area contributed by atoms with Crippen molar-refractivity contribution in [1.29, 1.82) is 0 Å². The number of anilines is 1. The molecule has 0 spiro atoms. The molecular weight excluding hydrogens is 390 g/mol. The minimum Gasteiger partial charge on any atom is -0.339 e. The summed E-state index contributed by atoms with van der Waals surface area (Å²) >= 11 is 1.63. The predicted octanol–water partition coefficient (Wildman–Crippen LogP) is 3.89. The number of carbonyl (C=O) groups excluding carboxylic acids is 2. The molecule has 2 aromatic rings. The highest BCUT2D eigenvalue weighted by Crippen LogP contribution is 2.30. The van der Waals surface area contributed by atoms with E-state index in [1.807, 2.05) is 37.4 Å². The lowest BCUT2D eigenvalue weighted by molar-refractivity contribution is -0.384. The minimum atomic E-state index is -0.451. The highest BCUT2D eigenvalue weighted by molar-refractivity contribution is 7.98. The molecule has 0 bridgehead atoms. The van der Waals surface area contributed by atoms with E-state index in [0.717, 1.165) is 10.6 Å². The first-order valence-electron chi connectivity index (χ1n) is 9.27. The Morgan fingerprint density at radius 2 is 1.97 bits per heavy atom. The lowest BCUT2D eigenvalue weighted by Crippen LogP contribution is -2.36. The van der Waals surface area contributed by atoms with Crippen LogP contribution in [0.1, 0.15) is 24.9 Å². The summed E-state index contributed by atoms with van der Waals surface area (Å²) in [7, 11) is 1.67. The van der Waals surface area contributed by atoms with Crippen LogP contribution < -0.4 is 4.90 Å². The summed E-state index contributed by atoms with van der Waals surface area (Å²) < 4.78 is 0. The number of thioether (sulfide) groups is 1. The summed E-state index contributed by atoms with van der Waals surface area (Å²) in [6.07, 6.45) is 2.15. The lowest BCUT2D eigenvalue weighted by atomic mass is 10.0. The number of rotatable bonds is 6. The molecule has 1 fully saturated rings. The molecule has 1 heterocycles. The van der Waals surface area contributed by atoms with Crippen molar-refractivity contribution >= 4 is 35.0 Å². The van der Waals surface area contributed by atoms with Crippen LogP contribution in [0.3, 0.4) is 0 Å². The number of nitro groups is 1. The van der Waals surface area contributed by atoms with E-state index in [2.05, 4.69) is 0 Å². The third-order valence-electron chi connectivity index (χ3n) is 5.35. The van der Waals surface area contributed by atoms with Gasteiger partial charge in [0.05, 0.1) is 16.9 Å². The van der Waals surface area contributed by atoms with Gasteiger partial charge in [-0.05, 0) is 43.0 Å². The standard InChI is InChI=1S/C21H23N3O4S/c1-14(15-5-4-6-18(11-15)24(27)28)22(2)21(26)16-12-20(25)23(13-16)17-7-9-19(29-3)10-8-17/h4-11,14,16H,12-13H2,1-3H3/t14-,16+/m1/s1. The van der Waals surface area contributed by atoms with Crippen LogP contribution in [0.2, 0.25) is 0 Å². The van der Waals surface area contributed by atoms with Gasteiger partial charge < -0.3 is 9.80 Å². The Labute approximate surface area is 173 Å². The first-order chi connectivity index (χ1) is 13.8. The summed E-state index contributed by atoms with van der Waals surface area (Å²) in [4.78, 5) is 40.4. The van der Waals surface area contributed by atoms with E-state index in [4.69, 9.17) is 0 Å². The number of amides is 2. The maximum atomic E-state index is 13.0. The second-order valence-corrected chi connectivity index (χ2v) is 7.96. The Morgan fingerprint density at radius 3 is 2.59 bits per heavy atom. The van der Waals surface area contributed by atoms with Crippen molar-refractivity contribution < 1.29 is 14.5 Å². The Bertz CT molecular complexity index is 932. The number of non-ortho nitro benzene ring substituents is 1. The Balaban J connectivity index is 1.71. The van der Waals surface area contributed by atoms with Crippen molar-refractivity contribution in [3.05, 3.63) is 64.2 Å². The van der Waals surface area contributed by atoms with Crippen LogP contribution >= 0.6 is 11.8 Å². The molecule has 1 aliphatic rings. The van der Waals surface area contributed by atoms with E-state index in [-0.39, 0.29) is 30.0 Å². The lowest BCUT2D eigenvalue weighted by Gasteiger charge is -2.27. The van der Waals surface area contributed by atoms with Crippen molar-refractivity contribution in [3.63, 3.8) is 0 Å². The van der Waals surface area contributed by atoms with Gasteiger partial charge in [0, 0.05) is 42.7 Å². The van der Waals surface area contributed by atoms with E-state index in [1.54, 1.807) is 40.7 Å². The van der Waals surface area contributed by atoms with Gasteiger partial charge in [-0.2, -0.15) is 0 Å². The summed E-state index contributed by atoms with van der Waals surface area (Å²) in [6.45, 7) is 2.16. The van der Waals surface area contributed by atoms with Gasteiger partial charge in [-0.15, -0.1) is 11.8 Å². The van der Waals surface area contributed by atoms with Crippen molar-refractivity contribution in [2.45, 2.75) is 24.3 Å².